The molecule has 0 aromatic heterocycles. The van der Waals surface area contributed by atoms with Crippen molar-refractivity contribution in [3.63, 3.8) is 0 Å². The maximum Gasteiger partial charge on any atom is 0.408 e. The third kappa shape index (κ3) is 15.1. The molecule has 0 rings (SSSR count). The van der Waals surface area contributed by atoms with Gasteiger partial charge in [-0.2, -0.15) is 0 Å². The molecule has 4 N–H and O–H groups in total. The van der Waals surface area contributed by atoms with Crippen LogP contribution in [0.25, 0.3) is 0 Å². The molecule has 5 atom stereocenters. The Morgan fingerprint density at radius 2 is 1.45 bits per heavy atom. The molecular formula is C28H53N3O7. The van der Waals surface area contributed by atoms with Gasteiger partial charge in [0.15, 0.2) is 0 Å². The lowest BCUT2D eigenvalue weighted by atomic mass is 9.87. The summed E-state index contributed by atoms with van der Waals surface area (Å²) < 4.78 is 10.3. The molecule has 3 amide bonds. The largest absolute Gasteiger partial charge is 0.466 e. The van der Waals surface area contributed by atoms with Crippen molar-refractivity contribution in [1.29, 1.82) is 0 Å². The third-order valence-electron chi connectivity index (χ3n) is 5.82. The second kappa shape index (κ2) is 15.9. The Morgan fingerprint density at radius 3 is 1.89 bits per heavy atom. The average Bonchev–Trinajstić information content (AvgIpc) is 2.73. The van der Waals surface area contributed by atoms with Gasteiger partial charge in [0.25, 0.3) is 0 Å². The van der Waals surface area contributed by atoms with Gasteiger partial charge in [-0.3, -0.25) is 14.4 Å². The number of rotatable bonds is 14. The van der Waals surface area contributed by atoms with Gasteiger partial charge in [-0.25, -0.2) is 4.79 Å². The molecule has 0 spiro atoms. The summed E-state index contributed by atoms with van der Waals surface area (Å²) in [7, 11) is 0. The van der Waals surface area contributed by atoms with Gasteiger partial charge >= 0.3 is 12.1 Å². The van der Waals surface area contributed by atoms with Crippen molar-refractivity contribution in [2.75, 3.05) is 6.61 Å². The minimum atomic E-state index is -1.14. The van der Waals surface area contributed by atoms with Crippen molar-refractivity contribution in [3.05, 3.63) is 0 Å². The number of carbonyl (C=O) groups excluding carboxylic acids is 4. The number of amides is 3. The molecule has 0 aromatic carbocycles. The molecule has 0 aliphatic rings. The lowest BCUT2D eigenvalue weighted by molar-refractivity contribution is -0.146. The van der Waals surface area contributed by atoms with Gasteiger partial charge in [0, 0.05) is 0 Å². The van der Waals surface area contributed by atoms with Crippen LogP contribution in [0.5, 0.6) is 0 Å². The zero-order valence-corrected chi connectivity index (χ0v) is 25.4. The molecule has 0 aromatic rings. The maximum absolute atomic E-state index is 13.4. The van der Waals surface area contributed by atoms with Crippen molar-refractivity contribution in [2.45, 2.75) is 132 Å². The van der Waals surface area contributed by atoms with Crippen LogP contribution < -0.4 is 16.0 Å². The van der Waals surface area contributed by atoms with E-state index in [2.05, 4.69) is 16.0 Å². The first-order chi connectivity index (χ1) is 17.3. The molecule has 10 nitrogen and oxygen atoms in total. The van der Waals surface area contributed by atoms with Crippen LogP contribution in [0.2, 0.25) is 0 Å². The Kier molecular flexibility index (Phi) is 14.9. The summed E-state index contributed by atoms with van der Waals surface area (Å²) in [4.78, 5) is 51.2. The van der Waals surface area contributed by atoms with Crippen LogP contribution in [-0.4, -0.2) is 65.4 Å². The van der Waals surface area contributed by atoms with E-state index in [1.165, 1.54) is 0 Å². The van der Waals surface area contributed by atoms with Crippen molar-refractivity contribution < 1.29 is 33.8 Å². The number of carbonyl (C=O) groups is 4. The second-order valence-corrected chi connectivity index (χ2v) is 12.7. The van der Waals surface area contributed by atoms with Crippen molar-refractivity contribution in [3.8, 4) is 0 Å². The molecule has 0 aliphatic heterocycles. The number of ether oxygens (including phenoxy) is 2. The predicted octanol–water partition coefficient (Wildman–Crippen LogP) is 3.69. The first-order valence-electron chi connectivity index (χ1n) is 13.7. The first kappa shape index (κ1) is 35.6. The van der Waals surface area contributed by atoms with Crippen LogP contribution in [0, 0.1) is 17.3 Å². The number of nitrogens with one attached hydrogen (secondary N) is 3. The van der Waals surface area contributed by atoms with Crippen LogP contribution in [0.15, 0.2) is 0 Å². The Balaban J connectivity index is 5.82. The van der Waals surface area contributed by atoms with Crippen LogP contribution >= 0.6 is 0 Å². The van der Waals surface area contributed by atoms with E-state index in [-0.39, 0.29) is 30.3 Å². The predicted molar refractivity (Wildman–Crippen MR) is 147 cm³/mol. The zero-order valence-electron chi connectivity index (χ0n) is 25.4. The summed E-state index contributed by atoms with van der Waals surface area (Å²) >= 11 is 0. The number of hydrogen-bond donors (Lipinski definition) is 4. The van der Waals surface area contributed by atoms with E-state index in [1.54, 1.807) is 27.7 Å². The quantitative estimate of drug-likeness (QED) is 0.245. The second-order valence-electron chi connectivity index (χ2n) is 12.7. The van der Waals surface area contributed by atoms with Crippen LogP contribution in [0.3, 0.4) is 0 Å². The number of alkyl carbamates (subject to hydrolysis) is 1. The topological polar surface area (TPSA) is 143 Å². The SMILES string of the molecule is CCOC(=O)C[C@H](O)[C@H](CC(C)C)NC(=O)[C@@H](NC(=O)[C@H](CC(C)(C)C)NC(=O)OC(C)(C)C)[C@@H](C)CC. The van der Waals surface area contributed by atoms with Crippen LogP contribution in [0.4, 0.5) is 4.79 Å². The Labute approximate surface area is 229 Å². The third-order valence-corrected chi connectivity index (χ3v) is 5.82. The lowest BCUT2D eigenvalue weighted by Crippen LogP contribution is -2.58. The number of aliphatic hydroxyl groups excluding tert-OH is 1. The van der Waals surface area contributed by atoms with Crippen LogP contribution in [0.1, 0.15) is 102 Å². The molecule has 222 valence electrons. The Morgan fingerprint density at radius 1 is 0.868 bits per heavy atom. The Bertz CT molecular complexity index is 771. The van der Waals surface area contributed by atoms with Gasteiger partial charge in [0.2, 0.25) is 11.8 Å². The smallest absolute Gasteiger partial charge is 0.408 e. The summed E-state index contributed by atoms with van der Waals surface area (Å²) in [6, 6.07) is -2.55. The molecule has 0 aliphatic carbocycles. The highest BCUT2D eigenvalue weighted by atomic mass is 16.6. The molecule has 10 heteroatoms. The highest BCUT2D eigenvalue weighted by Gasteiger charge is 2.35. The van der Waals surface area contributed by atoms with E-state index >= 15 is 0 Å². The monoisotopic (exact) mass is 543 g/mol. The number of hydrogen-bond acceptors (Lipinski definition) is 7. The van der Waals surface area contributed by atoms with Crippen molar-refractivity contribution in [2.24, 2.45) is 17.3 Å². The van der Waals surface area contributed by atoms with Gasteiger partial charge in [0.05, 0.1) is 25.2 Å². The molecule has 0 unspecified atom stereocenters. The van der Waals surface area contributed by atoms with E-state index in [4.69, 9.17) is 9.47 Å². The van der Waals surface area contributed by atoms with Crippen LogP contribution in [-0.2, 0) is 23.9 Å². The standard InChI is InChI=1S/C28H53N3O7/c1-12-18(5)23(25(35)29-19(14-17(3)4)21(32)15-22(33)37-13-2)31-24(34)20(16-27(6,7)8)30-26(36)38-28(9,10)11/h17-21,23,32H,12-16H2,1-11H3,(H,29,35)(H,30,36)(H,31,34)/t18-,19-,20-,21-,23-/m0/s1. The molecule has 0 saturated heterocycles. The average molecular weight is 544 g/mol. The Hall–Kier alpha value is -2.36. The van der Waals surface area contributed by atoms with Gasteiger partial charge < -0.3 is 30.5 Å². The molecule has 0 saturated carbocycles. The highest BCUT2D eigenvalue weighted by Crippen LogP contribution is 2.22. The van der Waals surface area contributed by atoms with E-state index in [0.717, 1.165) is 0 Å². The number of aliphatic hydroxyl groups is 1. The highest BCUT2D eigenvalue weighted by molar-refractivity contribution is 5.91. The van der Waals surface area contributed by atoms with Crippen molar-refractivity contribution >= 4 is 23.9 Å². The molecular weight excluding hydrogens is 490 g/mol. The molecule has 0 fully saturated rings. The summed E-state index contributed by atoms with van der Waals surface area (Å²) in [6.07, 6.45) is -0.760. The van der Waals surface area contributed by atoms with E-state index in [9.17, 15) is 24.3 Å². The van der Waals surface area contributed by atoms with Gasteiger partial charge in [-0.15, -0.1) is 0 Å². The maximum atomic E-state index is 13.4. The fourth-order valence-electron chi connectivity index (χ4n) is 3.85. The summed E-state index contributed by atoms with van der Waals surface area (Å²) in [5.41, 5.74) is -1.04. The molecule has 0 bridgehead atoms. The summed E-state index contributed by atoms with van der Waals surface area (Å²) in [5, 5.41) is 19.0. The number of esters is 1. The lowest BCUT2D eigenvalue weighted by Gasteiger charge is -2.32. The summed E-state index contributed by atoms with van der Waals surface area (Å²) in [5.74, 6) is -1.62. The minimum Gasteiger partial charge on any atom is -0.466 e. The van der Waals surface area contributed by atoms with Gasteiger partial charge in [0.1, 0.15) is 17.7 Å². The fraction of sp³-hybridized carbons (Fsp3) is 0.857. The molecule has 0 radical (unpaired) electrons. The minimum absolute atomic E-state index is 0.128. The molecule has 0 heterocycles. The van der Waals surface area contributed by atoms with Crippen molar-refractivity contribution in [1.82, 2.24) is 16.0 Å². The first-order valence-corrected chi connectivity index (χ1v) is 13.7. The summed E-state index contributed by atoms with van der Waals surface area (Å²) in [6.45, 7) is 20.6. The van der Waals surface area contributed by atoms with Gasteiger partial charge in [-0.05, 0) is 57.8 Å². The molecule has 38 heavy (non-hydrogen) atoms. The zero-order chi connectivity index (χ0) is 29.8. The van der Waals surface area contributed by atoms with E-state index in [1.807, 2.05) is 48.5 Å². The normalized spacial score (nSPS) is 16.0. The van der Waals surface area contributed by atoms with Gasteiger partial charge in [-0.1, -0.05) is 54.9 Å². The fourth-order valence-corrected chi connectivity index (χ4v) is 3.85. The van der Waals surface area contributed by atoms with E-state index in [0.29, 0.717) is 19.3 Å². The van der Waals surface area contributed by atoms with E-state index < -0.39 is 53.7 Å².